The molecule has 0 spiro atoms. The standard InChI is InChI=1S/C18H16N2OS/c21-18-15(12-22-16-8-1-2-9-19-16)11-14-6-3-5-13-7-4-10-20(18)17(13)14/h1-3,5-6,8-9,11H,4,7,10,12H2. The van der Waals surface area contributed by atoms with Crippen molar-refractivity contribution in [3.63, 3.8) is 0 Å². The van der Waals surface area contributed by atoms with Gasteiger partial charge in [-0.25, -0.2) is 4.98 Å². The Morgan fingerprint density at radius 3 is 3.00 bits per heavy atom. The van der Waals surface area contributed by atoms with Gasteiger partial charge < -0.3 is 4.57 Å². The molecule has 0 unspecified atom stereocenters. The van der Waals surface area contributed by atoms with Crippen LogP contribution < -0.4 is 5.56 Å². The maximum Gasteiger partial charge on any atom is 0.255 e. The predicted molar refractivity (Wildman–Crippen MR) is 90.3 cm³/mol. The second-order valence-corrected chi connectivity index (χ2v) is 6.54. The van der Waals surface area contributed by atoms with Gasteiger partial charge in [0, 0.05) is 24.1 Å². The maximum absolute atomic E-state index is 12.8. The number of aryl methyl sites for hydroxylation is 2. The second kappa shape index (κ2) is 5.61. The Hall–Kier alpha value is -2.07. The van der Waals surface area contributed by atoms with Gasteiger partial charge in [-0.05, 0) is 42.0 Å². The SMILES string of the molecule is O=c1c(CSc2ccccn2)cc2cccc3c2n1CCC3. The molecule has 3 aromatic rings. The van der Waals surface area contributed by atoms with E-state index in [0.29, 0.717) is 5.75 Å². The number of pyridine rings is 2. The largest absolute Gasteiger partial charge is 0.308 e. The van der Waals surface area contributed by atoms with Crippen LogP contribution in [0.5, 0.6) is 0 Å². The van der Waals surface area contributed by atoms with Gasteiger partial charge in [0.25, 0.3) is 5.56 Å². The number of rotatable bonds is 3. The van der Waals surface area contributed by atoms with Gasteiger partial charge in [0.2, 0.25) is 0 Å². The van der Waals surface area contributed by atoms with Gasteiger partial charge in [0.15, 0.2) is 0 Å². The number of benzene rings is 1. The van der Waals surface area contributed by atoms with E-state index < -0.39 is 0 Å². The summed E-state index contributed by atoms with van der Waals surface area (Å²) in [5, 5.41) is 2.13. The molecular formula is C18H16N2OS. The van der Waals surface area contributed by atoms with Crippen LogP contribution in [0.15, 0.2) is 58.5 Å². The van der Waals surface area contributed by atoms with Gasteiger partial charge in [-0.3, -0.25) is 4.79 Å². The molecule has 0 saturated heterocycles. The van der Waals surface area contributed by atoms with Crippen molar-refractivity contribution >= 4 is 22.7 Å². The molecule has 4 rings (SSSR count). The molecule has 0 saturated carbocycles. The molecule has 22 heavy (non-hydrogen) atoms. The molecule has 0 fully saturated rings. The summed E-state index contributed by atoms with van der Waals surface area (Å²) in [4.78, 5) is 17.1. The highest BCUT2D eigenvalue weighted by atomic mass is 32.2. The minimum atomic E-state index is 0.156. The van der Waals surface area contributed by atoms with Crippen molar-refractivity contribution in [3.8, 4) is 0 Å². The summed E-state index contributed by atoms with van der Waals surface area (Å²) in [7, 11) is 0. The molecule has 110 valence electrons. The molecule has 0 aliphatic carbocycles. The average Bonchev–Trinajstić information content (AvgIpc) is 2.58. The van der Waals surface area contributed by atoms with Crippen molar-refractivity contribution < 1.29 is 0 Å². The third kappa shape index (κ3) is 2.33. The molecule has 3 nitrogen and oxygen atoms in total. The van der Waals surface area contributed by atoms with Crippen LogP contribution in [0.25, 0.3) is 10.9 Å². The molecule has 1 aliphatic heterocycles. The highest BCUT2D eigenvalue weighted by molar-refractivity contribution is 7.98. The van der Waals surface area contributed by atoms with Crippen molar-refractivity contribution in [1.29, 1.82) is 0 Å². The predicted octanol–water partition coefficient (Wildman–Crippen LogP) is 3.64. The van der Waals surface area contributed by atoms with Gasteiger partial charge in [-0.1, -0.05) is 24.3 Å². The summed E-state index contributed by atoms with van der Waals surface area (Å²) in [6.45, 7) is 0.828. The van der Waals surface area contributed by atoms with E-state index in [1.54, 1.807) is 18.0 Å². The Balaban J connectivity index is 1.76. The lowest BCUT2D eigenvalue weighted by Gasteiger charge is -2.20. The van der Waals surface area contributed by atoms with Crippen molar-refractivity contribution in [2.45, 2.75) is 30.2 Å². The Morgan fingerprint density at radius 2 is 2.14 bits per heavy atom. The van der Waals surface area contributed by atoms with Crippen molar-refractivity contribution in [2.24, 2.45) is 0 Å². The first kappa shape index (κ1) is 13.6. The van der Waals surface area contributed by atoms with Gasteiger partial charge >= 0.3 is 0 Å². The fourth-order valence-electron chi connectivity index (χ4n) is 3.11. The van der Waals surface area contributed by atoms with E-state index in [1.165, 1.54) is 10.9 Å². The molecule has 2 aromatic heterocycles. The summed E-state index contributed by atoms with van der Waals surface area (Å²) in [6.07, 6.45) is 3.90. The Morgan fingerprint density at radius 1 is 1.18 bits per heavy atom. The lowest BCUT2D eigenvalue weighted by Crippen LogP contribution is -2.27. The number of nitrogens with zero attached hydrogens (tertiary/aromatic N) is 2. The van der Waals surface area contributed by atoms with Crippen LogP contribution >= 0.6 is 11.8 Å². The zero-order valence-corrected chi connectivity index (χ0v) is 13.0. The monoisotopic (exact) mass is 308 g/mol. The van der Waals surface area contributed by atoms with Crippen molar-refractivity contribution in [1.82, 2.24) is 9.55 Å². The average molecular weight is 308 g/mol. The molecule has 0 atom stereocenters. The molecule has 3 heterocycles. The van der Waals surface area contributed by atoms with Crippen LogP contribution in [0.2, 0.25) is 0 Å². The zero-order chi connectivity index (χ0) is 14.9. The molecule has 1 aromatic carbocycles. The Kier molecular flexibility index (Phi) is 3.47. The summed E-state index contributed by atoms with van der Waals surface area (Å²) < 4.78 is 1.96. The van der Waals surface area contributed by atoms with Gasteiger partial charge in [0.1, 0.15) is 0 Å². The highest BCUT2D eigenvalue weighted by Gasteiger charge is 2.16. The molecule has 1 aliphatic rings. The smallest absolute Gasteiger partial charge is 0.255 e. The number of aromatic nitrogens is 2. The van der Waals surface area contributed by atoms with E-state index in [1.807, 2.05) is 22.8 Å². The van der Waals surface area contributed by atoms with Crippen LogP contribution in [0.1, 0.15) is 17.5 Å². The number of hydrogen-bond acceptors (Lipinski definition) is 3. The molecule has 0 radical (unpaired) electrons. The van der Waals surface area contributed by atoms with E-state index in [4.69, 9.17) is 0 Å². The van der Waals surface area contributed by atoms with E-state index in [-0.39, 0.29) is 5.56 Å². The van der Waals surface area contributed by atoms with Crippen LogP contribution in [-0.4, -0.2) is 9.55 Å². The lowest BCUT2D eigenvalue weighted by molar-refractivity contribution is 0.613. The second-order valence-electron chi connectivity index (χ2n) is 5.54. The maximum atomic E-state index is 12.8. The highest BCUT2D eigenvalue weighted by Crippen LogP contribution is 2.26. The number of thioether (sulfide) groups is 1. The molecule has 4 heteroatoms. The van der Waals surface area contributed by atoms with Crippen molar-refractivity contribution in [2.75, 3.05) is 0 Å². The van der Waals surface area contributed by atoms with Gasteiger partial charge in [0.05, 0.1) is 10.5 Å². The third-order valence-corrected chi connectivity index (χ3v) is 5.10. The fourth-order valence-corrected chi connectivity index (χ4v) is 3.93. The Bertz CT molecular complexity index is 887. The molecule has 0 amide bonds. The number of hydrogen-bond donors (Lipinski definition) is 0. The van der Waals surface area contributed by atoms with Gasteiger partial charge in [-0.2, -0.15) is 0 Å². The first-order valence-corrected chi connectivity index (χ1v) is 8.49. The van der Waals surface area contributed by atoms with E-state index in [9.17, 15) is 4.79 Å². The van der Waals surface area contributed by atoms with Crippen LogP contribution in [0, 0.1) is 0 Å². The summed E-state index contributed by atoms with van der Waals surface area (Å²) >= 11 is 1.61. The van der Waals surface area contributed by atoms with Gasteiger partial charge in [-0.15, -0.1) is 11.8 Å². The first-order chi connectivity index (χ1) is 10.8. The summed E-state index contributed by atoms with van der Waals surface area (Å²) in [5.74, 6) is 0.663. The normalized spacial score (nSPS) is 13.5. The zero-order valence-electron chi connectivity index (χ0n) is 12.2. The van der Waals surface area contributed by atoms with Crippen molar-refractivity contribution in [3.05, 3.63) is 70.1 Å². The minimum absolute atomic E-state index is 0.156. The molecule has 0 N–H and O–H groups in total. The fraction of sp³-hybridized carbons (Fsp3) is 0.222. The topological polar surface area (TPSA) is 34.9 Å². The van der Waals surface area contributed by atoms with E-state index in [2.05, 4.69) is 29.2 Å². The summed E-state index contributed by atoms with van der Waals surface area (Å²) in [6, 6.07) is 14.2. The molecular weight excluding hydrogens is 292 g/mol. The quantitative estimate of drug-likeness (QED) is 0.693. The minimum Gasteiger partial charge on any atom is -0.308 e. The van der Waals surface area contributed by atoms with Crippen LogP contribution in [-0.2, 0) is 18.7 Å². The summed E-state index contributed by atoms with van der Waals surface area (Å²) in [5.41, 5.74) is 3.44. The first-order valence-electron chi connectivity index (χ1n) is 7.51. The third-order valence-electron chi connectivity index (χ3n) is 4.11. The number of para-hydroxylation sites is 1. The van der Waals surface area contributed by atoms with Crippen LogP contribution in [0.3, 0.4) is 0 Å². The Labute approximate surface area is 133 Å². The van der Waals surface area contributed by atoms with E-state index in [0.717, 1.165) is 35.5 Å². The van der Waals surface area contributed by atoms with E-state index >= 15 is 0 Å². The lowest BCUT2D eigenvalue weighted by atomic mass is 10.0. The molecule has 0 bridgehead atoms. The van der Waals surface area contributed by atoms with Crippen LogP contribution in [0.4, 0.5) is 0 Å².